The Labute approximate surface area is 197 Å². The van der Waals surface area contributed by atoms with Crippen LogP contribution in [0.3, 0.4) is 0 Å². The summed E-state index contributed by atoms with van der Waals surface area (Å²) in [5.41, 5.74) is 0.171. The summed E-state index contributed by atoms with van der Waals surface area (Å²) >= 11 is 0. The summed E-state index contributed by atoms with van der Waals surface area (Å²) in [6, 6.07) is 9.68. The molecule has 2 aromatic rings. The molecule has 2 aromatic carbocycles. The van der Waals surface area contributed by atoms with E-state index in [1.165, 1.54) is 23.1 Å². The minimum atomic E-state index is -1.09. The van der Waals surface area contributed by atoms with Crippen LogP contribution in [0.1, 0.15) is 43.9 Å². The van der Waals surface area contributed by atoms with Gasteiger partial charge < -0.3 is 24.2 Å². The molecule has 2 heterocycles. The number of carbonyl (C=O) groups is 2. The highest BCUT2D eigenvalue weighted by molar-refractivity contribution is 6.46. The second-order valence-electron chi connectivity index (χ2n) is 8.13. The fraction of sp³-hybridized carbons (Fsp3) is 0.385. The topological polar surface area (TPSA) is 85.3 Å². The molecule has 2 aliphatic heterocycles. The van der Waals surface area contributed by atoms with Crippen molar-refractivity contribution in [2.24, 2.45) is 0 Å². The number of aliphatic hydroxyl groups excluding tert-OH is 1. The number of nitrogens with zero attached hydrogens (tertiary/aromatic N) is 1. The van der Waals surface area contributed by atoms with Crippen LogP contribution in [-0.4, -0.2) is 54.2 Å². The van der Waals surface area contributed by atoms with Crippen LogP contribution >= 0.6 is 0 Å². The van der Waals surface area contributed by atoms with E-state index in [1.807, 2.05) is 6.92 Å². The lowest BCUT2D eigenvalue weighted by atomic mass is 9.94. The molecule has 0 aliphatic carbocycles. The van der Waals surface area contributed by atoms with Crippen molar-refractivity contribution in [2.45, 2.75) is 38.8 Å². The lowest BCUT2D eigenvalue weighted by Crippen LogP contribution is -2.36. The van der Waals surface area contributed by atoms with Gasteiger partial charge in [0.1, 0.15) is 23.1 Å². The molecule has 0 spiro atoms. The molecule has 2 fully saturated rings. The number of ether oxygens (including phenoxy) is 3. The van der Waals surface area contributed by atoms with Crippen LogP contribution in [0, 0.1) is 5.82 Å². The highest BCUT2D eigenvalue weighted by atomic mass is 19.1. The monoisotopic (exact) mass is 469 g/mol. The van der Waals surface area contributed by atoms with Crippen molar-refractivity contribution in [2.75, 3.05) is 26.4 Å². The van der Waals surface area contributed by atoms with Crippen LogP contribution in [0.2, 0.25) is 0 Å². The maximum absolute atomic E-state index is 14.9. The first-order valence-corrected chi connectivity index (χ1v) is 11.5. The lowest BCUT2D eigenvalue weighted by Gasteiger charge is -2.27. The van der Waals surface area contributed by atoms with Gasteiger partial charge >= 0.3 is 0 Å². The Hall–Kier alpha value is -3.39. The quantitative estimate of drug-likeness (QED) is 0.354. The largest absolute Gasteiger partial charge is 0.507 e. The second kappa shape index (κ2) is 10.3. The summed E-state index contributed by atoms with van der Waals surface area (Å²) in [6.45, 7) is 5.08. The molecule has 0 radical (unpaired) electrons. The molecule has 0 aromatic heterocycles. The van der Waals surface area contributed by atoms with E-state index in [-0.39, 0.29) is 29.3 Å². The van der Waals surface area contributed by atoms with Crippen molar-refractivity contribution in [3.63, 3.8) is 0 Å². The standard InChI is InChI=1S/C26H28FNO6/c1-3-32-16-11-12-19(21(14-16)33-4-2)24(29)22-23(18-9-5-6-10-20(18)27)28(26(31)25(22)30)15-17-8-7-13-34-17/h5-6,9-12,14,17,23,29H,3-4,7-8,13,15H2,1-2H3/b24-22+. The predicted molar refractivity (Wildman–Crippen MR) is 123 cm³/mol. The summed E-state index contributed by atoms with van der Waals surface area (Å²) in [7, 11) is 0. The van der Waals surface area contributed by atoms with Crippen molar-refractivity contribution in [1.82, 2.24) is 4.90 Å². The smallest absolute Gasteiger partial charge is 0.295 e. The van der Waals surface area contributed by atoms with E-state index in [0.29, 0.717) is 31.3 Å². The molecular weight excluding hydrogens is 441 g/mol. The zero-order valence-corrected chi connectivity index (χ0v) is 19.3. The first kappa shape index (κ1) is 23.8. The van der Waals surface area contributed by atoms with E-state index < -0.39 is 29.3 Å². The number of Topliss-reactive ketones (excluding diaryl/α,β-unsaturated/α-hetero) is 1. The summed E-state index contributed by atoms with van der Waals surface area (Å²) in [5.74, 6) is -1.84. The van der Waals surface area contributed by atoms with Crippen LogP contribution in [0.4, 0.5) is 4.39 Å². The number of benzene rings is 2. The lowest BCUT2D eigenvalue weighted by molar-refractivity contribution is -0.140. The second-order valence-corrected chi connectivity index (χ2v) is 8.13. The highest BCUT2D eigenvalue weighted by Crippen LogP contribution is 2.42. The Bertz CT molecular complexity index is 1110. The first-order chi connectivity index (χ1) is 16.5. The van der Waals surface area contributed by atoms with Crippen LogP contribution < -0.4 is 9.47 Å². The van der Waals surface area contributed by atoms with Gasteiger partial charge in [0.05, 0.1) is 36.5 Å². The molecule has 2 atom stereocenters. The molecule has 34 heavy (non-hydrogen) atoms. The van der Waals surface area contributed by atoms with Gasteiger partial charge in [-0.2, -0.15) is 0 Å². The first-order valence-electron chi connectivity index (χ1n) is 11.5. The Morgan fingerprint density at radius 2 is 1.91 bits per heavy atom. The highest BCUT2D eigenvalue weighted by Gasteiger charge is 2.48. The predicted octanol–water partition coefficient (Wildman–Crippen LogP) is 4.22. The van der Waals surface area contributed by atoms with Crippen molar-refractivity contribution in [3.8, 4) is 11.5 Å². The van der Waals surface area contributed by atoms with E-state index in [2.05, 4.69) is 0 Å². The molecule has 7 nitrogen and oxygen atoms in total. The van der Waals surface area contributed by atoms with Gasteiger partial charge in [0, 0.05) is 24.8 Å². The van der Waals surface area contributed by atoms with Crippen LogP contribution in [0.15, 0.2) is 48.0 Å². The van der Waals surface area contributed by atoms with E-state index in [4.69, 9.17) is 14.2 Å². The third kappa shape index (κ3) is 4.50. The Morgan fingerprint density at radius 1 is 1.15 bits per heavy atom. The minimum absolute atomic E-state index is 0.127. The molecule has 2 unspecified atom stereocenters. The van der Waals surface area contributed by atoms with Crippen LogP contribution in [0.25, 0.3) is 5.76 Å². The van der Waals surface area contributed by atoms with Gasteiger partial charge in [0.2, 0.25) is 0 Å². The van der Waals surface area contributed by atoms with Crippen molar-refractivity contribution in [1.29, 1.82) is 0 Å². The third-order valence-electron chi connectivity index (χ3n) is 5.98. The zero-order chi connectivity index (χ0) is 24.2. The van der Waals surface area contributed by atoms with Crippen molar-refractivity contribution >= 4 is 17.4 Å². The van der Waals surface area contributed by atoms with Gasteiger partial charge in [-0.3, -0.25) is 9.59 Å². The normalized spacial score (nSPS) is 21.8. The molecule has 1 N–H and O–H groups in total. The van der Waals surface area contributed by atoms with Gasteiger partial charge in [-0.05, 0) is 44.9 Å². The Kier molecular flexibility index (Phi) is 7.17. The number of hydrogen-bond acceptors (Lipinski definition) is 6. The van der Waals surface area contributed by atoms with E-state index in [0.717, 1.165) is 12.8 Å². The molecule has 1 amide bonds. The molecule has 2 aliphatic rings. The third-order valence-corrected chi connectivity index (χ3v) is 5.98. The summed E-state index contributed by atoms with van der Waals surface area (Å²) in [5, 5.41) is 11.3. The average molecular weight is 470 g/mol. The molecule has 4 rings (SSSR count). The SMILES string of the molecule is CCOc1ccc(/C(O)=C2\C(=O)C(=O)N(CC3CCCO3)C2c2ccccc2F)c(OCC)c1. The molecule has 180 valence electrons. The summed E-state index contributed by atoms with van der Waals surface area (Å²) < 4.78 is 31.8. The van der Waals surface area contributed by atoms with Crippen LogP contribution in [-0.2, 0) is 14.3 Å². The van der Waals surface area contributed by atoms with Crippen molar-refractivity contribution in [3.05, 3.63) is 65.0 Å². The molecule has 2 saturated heterocycles. The number of hydrogen-bond donors (Lipinski definition) is 1. The number of likely N-dealkylation sites (tertiary alicyclic amines) is 1. The summed E-state index contributed by atoms with van der Waals surface area (Å²) in [4.78, 5) is 27.6. The van der Waals surface area contributed by atoms with E-state index in [9.17, 15) is 19.1 Å². The van der Waals surface area contributed by atoms with Gasteiger partial charge in [-0.15, -0.1) is 0 Å². The summed E-state index contributed by atoms with van der Waals surface area (Å²) in [6.07, 6.45) is 1.33. The maximum Gasteiger partial charge on any atom is 0.295 e. The number of carbonyl (C=O) groups excluding carboxylic acids is 2. The Balaban J connectivity index is 1.86. The molecule has 8 heteroatoms. The average Bonchev–Trinajstić information content (AvgIpc) is 3.42. The van der Waals surface area contributed by atoms with Gasteiger partial charge in [-0.25, -0.2) is 4.39 Å². The number of rotatable bonds is 8. The molecule has 0 saturated carbocycles. The Morgan fingerprint density at radius 3 is 2.59 bits per heavy atom. The maximum atomic E-state index is 14.9. The minimum Gasteiger partial charge on any atom is -0.507 e. The molecular formula is C26H28FNO6. The van der Waals surface area contributed by atoms with E-state index >= 15 is 0 Å². The number of ketones is 1. The van der Waals surface area contributed by atoms with Gasteiger partial charge in [0.25, 0.3) is 11.7 Å². The zero-order valence-electron chi connectivity index (χ0n) is 19.3. The molecule has 0 bridgehead atoms. The van der Waals surface area contributed by atoms with Crippen molar-refractivity contribution < 1.29 is 33.3 Å². The number of halogens is 1. The number of amides is 1. The van der Waals surface area contributed by atoms with Gasteiger partial charge in [-0.1, -0.05) is 18.2 Å². The van der Waals surface area contributed by atoms with Gasteiger partial charge in [0.15, 0.2) is 0 Å². The fourth-order valence-corrected chi connectivity index (χ4v) is 4.47. The fourth-order valence-electron chi connectivity index (χ4n) is 4.47. The number of aliphatic hydroxyl groups is 1. The van der Waals surface area contributed by atoms with Crippen LogP contribution in [0.5, 0.6) is 11.5 Å². The van der Waals surface area contributed by atoms with E-state index in [1.54, 1.807) is 31.2 Å².